The molecule has 0 radical (unpaired) electrons. The summed E-state index contributed by atoms with van der Waals surface area (Å²) in [5, 5.41) is 9.01. The molecule has 14 heavy (non-hydrogen) atoms. The topological polar surface area (TPSA) is 20.2 Å². The Kier molecular flexibility index (Phi) is 8.08. The van der Waals surface area contributed by atoms with Gasteiger partial charge in [-0.05, 0) is 0 Å². The second-order valence-electron chi connectivity index (χ2n) is 1.92. The van der Waals surface area contributed by atoms with Crippen molar-refractivity contribution < 1.29 is 9.81 Å². The zero-order chi connectivity index (χ0) is 9.46. The predicted molar refractivity (Wildman–Crippen MR) is 65.6 cm³/mol. The number of hydrogen-bond donors (Lipinski definition) is 1. The normalized spacial score (nSPS) is 8.93. The van der Waals surface area contributed by atoms with Gasteiger partial charge in [0, 0.05) is 0 Å². The molecule has 0 aromatic heterocycles. The van der Waals surface area contributed by atoms with Crippen molar-refractivity contribution in [3.05, 3.63) is 25.1 Å². The van der Waals surface area contributed by atoms with Crippen LogP contribution in [0.15, 0.2) is 0 Å². The van der Waals surface area contributed by atoms with Gasteiger partial charge in [-0.1, -0.05) is 58.0 Å². The third-order valence-electron chi connectivity index (χ3n) is 1.19. The molecule has 1 rings (SSSR count). The monoisotopic (exact) mass is 362 g/mol. The molecule has 0 fully saturated rings. The summed E-state index contributed by atoms with van der Waals surface area (Å²) in [7, 11) is 0. The van der Waals surface area contributed by atoms with Crippen LogP contribution in [0.1, 0.15) is 0 Å². The Labute approximate surface area is 116 Å². The number of halogens is 6. The quantitative estimate of drug-likeness (QED) is 0.424. The molecule has 0 spiro atoms. The van der Waals surface area contributed by atoms with Crippen molar-refractivity contribution in [2.45, 2.75) is 0 Å². The van der Waals surface area contributed by atoms with E-state index < -0.39 is 0 Å². The van der Waals surface area contributed by atoms with E-state index >= 15 is 0 Å². The molecule has 1 N–H and O–H groups in total. The molecular weight excluding hydrogens is 359 g/mol. The van der Waals surface area contributed by atoms with Crippen LogP contribution in [0, 0.1) is 0 Å². The molecule has 0 aliphatic carbocycles. The van der Waals surface area contributed by atoms with E-state index in [4.69, 9.17) is 58.0 Å². The molecule has 0 aliphatic rings. The zero-order valence-electron chi connectivity index (χ0n) is 6.45. The molecule has 0 heterocycles. The maximum atomic E-state index is 9.20. The van der Waals surface area contributed by atoms with E-state index in [1.807, 2.05) is 0 Å². The van der Waals surface area contributed by atoms with Gasteiger partial charge in [-0.2, -0.15) is 0 Å². The average molecular weight is 364 g/mol. The van der Waals surface area contributed by atoms with E-state index in [-0.39, 0.29) is 53.5 Å². The Morgan fingerprint density at radius 1 is 0.643 bits per heavy atom. The van der Waals surface area contributed by atoms with Crippen LogP contribution < -0.4 is 0 Å². The first kappa shape index (κ1) is 17.4. The Morgan fingerprint density at radius 2 is 0.857 bits per heavy atom. The molecule has 0 aliphatic heterocycles. The number of phenols is 1. The van der Waals surface area contributed by atoms with Gasteiger partial charge in [0.05, 0.1) is 15.1 Å². The summed E-state index contributed by atoms with van der Waals surface area (Å²) in [5.74, 6) is -0.363. The van der Waals surface area contributed by atoms with Crippen molar-refractivity contribution in [3.63, 3.8) is 0 Å². The minimum atomic E-state index is -0.363. The van der Waals surface area contributed by atoms with Crippen molar-refractivity contribution in [1.29, 1.82) is 0 Å². The van der Waals surface area contributed by atoms with Gasteiger partial charge in [0.1, 0.15) is 10.0 Å². The fraction of sp³-hybridized carbons (Fsp3) is 0. The van der Waals surface area contributed by atoms with Crippen LogP contribution in [0.3, 0.4) is 0 Å². The molecule has 0 amide bonds. The van der Waals surface area contributed by atoms with Crippen LogP contribution in [0.25, 0.3) is 0 Å². The SMILES string of the molecule is F.Oc1c(Cl)c(Cl)c(Cl)c(Cl)c1Cl.[AsH3]. The van der Waals surface area contributed by atoms with Gasteiger partial charge in [-0.25, -0.2) is 0 Å². The summed E-state index contributed by atoms with van der Waals surface area (Å²) in [4.78, 5) is 0. The van der Waals surface area contributed by atoms with E-state index in [2.05, 4.69) is 0 Å². The average Bonchev–Trinajstić information content (AvgIpc) is 2.08. The van der Waals surface area contributed by atoms with Crippen LogP contribution in [0.2, 0.25) is 25.1 Å². The van der Waals surface area contributed by atoms with E-state index in [0.29, 0.717) is 0 Å². The number of benzene rings is 1. The fourth-order valence-electron chi connectivity index (χ4n) is 0.593. The Hall–Kier alpha value is 0.958. The Balaban J connectivity index is 0. The predicted octanol–water partition coefficient (Wildman–Crippen LogP) is 3.63. The van der Waals surface area contributed by atoms with Crippen molar-refractivity contribution in [1.82, 2.24) is 0 Å². The molecule has 1 unspecified atom stereocenters. The van der Waals surface area contributed by atoms with Gasteiger partial charge in [0.25, 0.3) is 0 Å². The number of rotatable bonds is 0. The van der Waals surface area contributed by atoms with Crippen molar-refractivity contribution in [2.24, 2.45) is 0 Å². The van der Waals surface area contributed by atoms with Crippen LogP contribution in [0.4, 0.5) is 4.70 Å². The molecule has 1 atom stereocenters. The van der Waals surface area contributed by atoms with E-state index in [0.717, 1.165) is 0 Å². The first-order valence-electron chi connectivity index (χ1n) is 2.67. The Bertz CT molecular complexity index is 240. The van der Waals surface area contributed by atoms with E-state index in [1.165, 1.54) is 0 Å². The standard InChI is InChI=1S/C6HCl5O.AsH3.FH/c7-1-2(8)4(10)6(12)5(11)3(1)9;;/h12H;1H3;1H. The molecule has 1 aromatic rings. The number of hydrogen-bond acceptors (Lipinski definition) is 1. The third kappa shape index (κ3) is 2.97. The fourth-order valence-corrected chi connectivity index (χ4v) is 1.72. The molecule has 82 valence electrons. The van der Waals surface area contributed by atoms with Gasteiger partial charge >= 0.3 is 18.0 Å². The zero-order valence-corrected chi connectivity index (χ0v) is 13.2. The van der Waals surface area contributed by atoms with Gasteiger partial charge < -0.3 is 5.11 Å². The van der Waals surface area contributed by atoms with Crippen molar-refractivity contribution in [3.8, 4) is 5.75 Å². The molecule has 0 saturated heterocycles. The molecular formula is C6H5AsCl5FO. The van der Waals surface area contributed by atoms with E-state index in [9.17, 15) is 5.11 Å². The second kappa shape index (κ2) is 6.52. The van der Waals surface area contributed by atoms with E-state index in [1.54, 1.807) is 0 Å². The summed E-state index contributed by atoms with van der Waals surface area (Å²) in [6.07, 6.45) is 0. The summed E-state index contributed by atoms with van der Waals surface area (Å²) in [6, 6.07) is 0. The van der Waals surface area contributed by atoms with Crippen molar-refractivity contribution in [2.75, 3.05) is 0 Å². The first-order chi connectivity index (χ1) is 5.46. The molecule has 0 bridgehead atoms. The molecule has 1 nitrogen and oxygen atoms in total. The van der Waals surface area contributed by atoms with Gasteiger partial charge in [-0.15, -0.1) is 0 Å². The third-order valence-corrected chi connectivity index (χ3v) is 3.44. The second-order valence-corrected chi connectivity index (χ2v) is 3.81. The first-order valence-corrected chi connectivity index (χ1v) is 4.56. The summed E-state index contributed by atoms with van der Waals surface area (Å²) < 4.78 is 0. The van der Waals surface area contributed by atoms with Crippen LogP contribution >= 0.6 is 58.0 Å². The van der Waals surface area contributed by atoms with Gasteiger partial charge in [-0.3, -0.25) is 4.70 Å². The Morgan fingerprint density at radius 3 is 1.14 bits per heavy atom. The maximum absolute atomic E-state index is 9.20. The summed E-state index contributed by atoms with van der Waals surface area (Å²) in [6.45, 7) is 0. The van der Waals surface area contributed by atoms with Gasteiger partial charge in [0.2, 0.25) is 0 Å². The van der Waals surface area contributed by atoms with Crippen LogP contribution in [-0.2, 0) is 0 Å². The number of aromatic hydroxyl groups is 1. The summed E-state index contributed by atoms with van der Waals surface area (Å²) in [5.41, 5.74) is 0. The van der Waals surface area contributed by atoms with Crippen LogP contribution in [-0.4, -0.2) is 23.1 Å². The molecule has 8 heteroatoms. The number of phenolic OH excluding ortho intramolecular Hbond substituents is 1. The van der Waals surface area contributed by atoms with Crippen molar-refractivity contribution >= 4 is 76.0 Å². The minimum absolute atomic E-state index is 0. The summed E-state index contributed by atoms with van der Waals surface area (Å²) >= 11 is 27.9. The molecule has 0 saturated carbocycles. The van der Waals surface area contributed by atoms with Crippen LogP contribution in [0.5, 0.6) is 5.75 Å². The molecule has 1 aromatic carbocycles. The van der Waals surface area contributed by atoms with Gasteiger partial charge in [0.15, 0.2) is 5.75 Å².